The zero-order chi connectivity index (χ0) is 22.6. The second kappa shape index (κ2) is 11.8. The van der Waals surface area contributed by atoms with Crippen LogP contribution >= 0.6 is 0 Å². The van der Waals surface area contributed by atoms with E-state index < -0.39 is 24.0 Å². The molecule has 0 radical (unpaired) electrons. The number of anilines is 2. The predicted octanol–water partition coefficient (Wildman–Crippen LogP) is 2.47. The molecule has 0 fully saturated rings. The number of amides is 4. The lowest BCUT2D eigenvalue weighted by molar-refractivity contribution is -0.137. The van der Waals surface area contributed by atoms with E-state index in [2.05, 4.69) is 21.3 Å². The number of hydrogen-bond acceptors (Lipinski definition) is 4. The summed E-state index contributed by atoms with van der Waals surface area (Å²) in [7, 11) is 0. The van der Waals surface area contributed by atoms with Gasteiger partial charge in [-0.1, -0.05) is 24.3 Å². The van der Waals surface area contributed by atoms with Crippen LogP contribution in [0.5, 0.6) is 0 Å². The number of hydrogen-bond donors (Lipinski definition) is 6. The fraction of sp³-hybridized carbons (Fsp3) is 0.238. The standard InChI is InChI=1S/C21H24N4O6/c26-18(27)9-11-22-20(30)24-16-5-1-14(2-6-16)13-15-3-7-17(8-4-15)25-21(31)23-12-10-19(28)29/h1-8H,9-13H2,(H,26,27)(H,28,29)(H2,22,24,30)(H2,23,25,31). The molecule has 2 aromatic rings. The summed E-state index contributed by atoms with van der Waals surface area (Å²) in [6.07, 6.45) is 0.363. The zero-order valence-corrected chi connectivity index (χ0v) is 16.7. The van der Waals surface area contributed by atoms with Crippen LogP contribution in [0, 0.1) is 0 Å². The highest BCUT2D eigenvalue weighted by molar-refractivity contribution is 5.90. The van der Waals surface area contributed by atoms with Crippen LogP contribution in [0.15, 0.2) is 48.5 Å². The van der Waals surface area contributed by atoms with Crippen LogP contribution < -0.4 is 21.3 Å². The molecule has 6 N–H and O–H groups in total. The lowest BCUT2D eigenvalue weighted by Gasteiger charge is -2.09. The van der Waals surface area contributed by atoms with E-state index in [1.807, 2.05) is 24.3 Å². The SMILES string of the molecule is O=C(O)CCNC(=O)Nc1ccc(Cc2ccc(NC(=O)NCCC(=O)O)cc2)cc1. The Balaban J connectivity index is 1.79. The number of carbonyl (C=O) groups excluding carboxylic acids is 2. The highest BCUT2D eigenvalue weighted by Crippen LogP contribution is 2.16. The molecule has 0 spiro atoms. The maximum Gasteiger partial charge on any atom is 0.319 e. The van der Waals surface area contributed by atoms with Crippen LogP contribution in [0.25, 0.3) is 0 Å². The minimum absolute atomic E-state index is 0.0497. The summed E-state index contributed by atoms with van der Waals surface area (Å²) in [4.78, 5) is 44.3. The number of rotatable bonds is 10. The minimum atomic E-state index is -0.979. The molecule has 0 aliphatic heterocycles. The molecule has 0 unspecified atom stereocenters. The molecule has 0 aliphatic carbocycles. The van der Waals surface area contributed by atoms with E-state index in [1.54, 1.807) is 24.3 Å². The molecule has 10 heteroatoms. The molecule has 0 aliphatic rings. The van der Waals surface area contributed by atoms with Crippen molar-refractivity contribution in [2.24, 2.45) is 0 Å². The van der Waals surface area contributed by atoms with Gasteiger partial charge in [0.2, 0.25) is 0 Å². The van der Waals surface area contributed by atoms with Gasteiger partial charge in [0.05, 0.1) is 12.8 Å². The first-order chi connectivity index (χ1) is 14.8. The Morgan fingerprint density at radius 1 is 0.613 bits per heavy atom. The molecule has 0 aromatic heterocycles. The highest BCUT2D eigenvalue weighted by Gasteiger charge is 2.05. The van der Waals surface area contributed by atoms with Gasteiger partial charge in [0.25, 0.3) is 0 Å². The number of carboxylic acid groups (broad SMARTS) is 2. The number of aliphatic carboxylic acids is 2. The lowest BCUT2D eigenvalue weighted by Crippen LogP contribution is -2.30. The molecule has 0 atom stereocenters. The van der Waals surface area contributed by atoms with Gasteiger partial charge in [-0.05, 0) is 41.8 Å². The summed E-state index contributed by atoms with van der Waals surface area (Å²) in [6, 6.07) is 13.6. The van der Waals surface area contributed by atoms with Crippen molar-refractivity contribution in [3.05, 3.63) is 59.7 Å². The van der Waals surface area contributed by atoms with Crippen LogP contribution in [0.4, 0.5) is 21.0 Å². The van der Waals surface area contributed by atoms with Crippen molar-refractivity contribution in [1.82, 2.24) is 10.6 Å². The number of urea groups is 2. The van der Waals surface area contributed by atoms with Crippen molar-refractivity contribution < 1.29 is 29.4 Å². The average molecular weight is 428 g/mol. The van der Waals surface area contributed by atoms with E-state index in [0.29, 0.717) is 17.8 Å². The van der Waals surface area contributed by atoms with Crippen molar-refractivity contribution in [2.75, 3.05) is 23.7 Å². The molecular formula is C21H24N4O6. The third-order valence-corrected chi connectivity index (χ3v) is 4.08. The van der Waals surface area contributed by atoms with Crippen LogP contribution in [-0.2, 0) is 16.0 Å². The van der Waals surface area contributed by atoms with Crippen LogP contribution in [0.2, 0.25) is 0 Å². The number of carbonyl (C=O) groups is 4. The highest BCUT2D eigenvalue weighted by atomic mass is 16.4. The van der Waals surface area contributed by atoms with Gasteiger partial charge < -0.3 is 31.5 Å². The molecule has 2 rings (SSSR count). The van der Waals surface area contributed by atoms with Gasteiger partial charge >= 0.3 is 24.0 Å². The van der Waals surface area contributed by atoms with Gasteiger partial charge in [-0.2, -0.15) is 0 Å². The van der Waals surface area contributed by atoms with Crippen LogP contribution in [-0.4, -0.2) is 47.3 Å². The maximum atomic E-state index is 11.7. The van der Waals surface area contributed by atoms with Crippen molar-refractivity contribution >= 4 is 35.4 Å². The smallest absolute Gasteiger partial charge is 0.319 e. The molecule has 0 saturated heterocycles. The third kappa shape index (κ3) is 9.31. The van der Waals surface area contributed by atoms with E-state index in [0.717, 1.165) is 11.1 Å². The summed E-state index contributed by atoms with van der Waals surface area (Å²) in [5.74, 6) is -1.96. The minimum Gasteiger partial charge on any atom is -0.481 e. The number of nitrogens with one attached hydrogen (secondary N) is 4. The molecule has 4 amide bonds. The van der Waals surface area contributed by atoms with Crippen LogP contribution in [0.1, 0.15) is 24.0 Å². The largest absolute Gasteiger partial charge is 0.481 e. The maximum absolute atomic E-state index is 11.7. The number of benzene rings is 2. The van der Waals surface area contributed by atoms with Crippen molar-refractivity contribution in [1.29, 1.82) is 0 Å². The third-order valence-electron chi connectivity index (χ3n) is 4.08. The molecule has 2 aromatic carbocycles. The zero-order valence-electron chi connectivity index (χ0n) is 16.7. The van der Waals surface area contributed by atoms with E-state index in [4.69, 9.17) is 10.2 Å². The summed E-state index contributed by atoms with van der Waals surface area (Å²) in [6.45, 7) is 0.0994. The Labute approximate surface area is 178 Å². The first-order valence-electron chi connectivity index (χ1n) is 9.53. The Morgan fingerprint density at radius 2 is 0.968 bits per heavy atom. The molecule has 0 bridgehead atoms. The first kappa shape index (κ1) is 23.2. The summed E-state index contributed by atoms with van der Waals surface area (Å²) in [5, 5.41) is 27.3. The average Bonchev–Trinajstić information content (AvgIpc) is 2.70. The Kier molecular flexibility index (Phi) is 8.84. The van der Waals surface area contributed by atoms with Gasteiger partial charge in [0, 0.05) is 24.5 Å². The van der Waals surface area contributed by atoms with Gasteiger partial charge in [-0.15, -0.1) is 0 Å². The van der Waals surface area contributed by atoms with Crippen molar-refractivity contribution in [3.63, 3.8) is 0 Å². The quantitative estimate of drug-likeness (QED) is 0.341. The van der Waals surface area contributed by atoms with Gasteiger partial charge in [-0.3, -0.25) is 9.59 Å². The molecule has 10 nitrogen and oxygen atoms in total. The second-order valence-corrected chi connectivity index (χ2v) is 6.62. The monoisotopic (exact) mass is 428 g/mol. The molecule has 0 heterocycles. The fourth-order valence-corrected chi connectivity index (χ4v) is 2.56. The van der Waals surface area contributed by atoms with Crippen molar-refractivity contribution in [3.8, 4) is 0 Å². The predicted molar refractivity (Wildman–Crippen MR) is 114 cm³/mol. The van der Waals surface area contributed by atoms with Gasteiger partial charge in [-0.25, -0.2) is 9.59 Å². The normalized spacial score (nSPS) is 10.1. The summed E-state index contributed by atoms with van der Waals surface area (Å²) in [5.41, 5.74) is 3.21. The van der Waals surface area contributed by atoms with Gasteiger partial charge in [0.15, 0.2) is 0 Å². The van der Waals surface area contributed by atoms with E-state index in [1.165, 1.54) is 0 Å². The molecule has 0 saturated carbocycles. The summed E-state index contributed by atoms with van der Waals surface area (Å²) < 4.78 is 0. The van der Waals surface area contributed by atoms with Crippen molar-refractivity contribution in [2.45, 2.75) is 19.3 Å². The summed E-state index contributed by atoms with van der Waals surface area (Å²) >= 11 is 0. The second-order valence-electron chi connectivity index (χ2n) is 6.62. The molecular weight excluding hydrogens is 404 g/mol. The van der Waals surface area contributed by atoms with E-state index >= 15 is 0 Å². The van der Waals surface area contributed by atoms with Crippen LogP contribution in [0.3, 0.4) is 0 Å². The Morgan fingerprint density at radius 3 is 1.29 bits per heavy atom. The number of carboxylic acids is 2. The van der Waals surface area contributed by atoms with E-state index in [-0.39, 0.29) is 25.9 Å². The first-order valence-corrected chi connectivity index (χ1v) is 9.53. The molecule has 164 valence electrons. The fourth-order valence-electron chi connectivity index (χ4n) is 2.56. The molecule has 31 heavy (non-hydrogen) atoms. The topological polar surface area (TPSA) is 157 Å². The lowest BCUT2D eigenvalue weighted by atomic mass is 10.0. The Hall–Kier alpha value is -4.08. The van der Waals surface area contributed by atoms with Gasteiger partial charge in [0.1, 0.15) is 0 Å². The van der Waals surface area contributed by atoms with E-state index in [9.17, 15) is 19.2 Å². The Bertz CT molecular complexity index is 837.